The molecular formula is CaO6PbTiZr. The maximum absolute atomic E-state index is 8.61. The van der Waals surface area contributed by atoms with Crippen LogP contribution in [0.5, 0.6) is 0 Å². The first kappa shape index (κ1) is 23.2. The summed E-state index contributed by atoms with van der Waals surface area (Å²) >= 11 is -8.38. The van der Waals surface area contributed by atoms with Gasteiger partial charge in [0.2, 0.25) is 0 Å². The van der Waals surface area contributed by atoms with Crippen LogP contribution in [0.1, 0.15) is 0 Å². The van der Waals surface area contributed by atoms with Gasteiger partial charge in [-0.2, -0.15) is 0 Å². The largest absolute Gasteiger partial charge is 2.00 e. The molecule has 2 radical (unpaired) electrons. The van der Waals surface area contributed by atoms with Gasteiger partial charge < -0.3 is 0 Å². The van der Waals surface area contributed by atoms with Crippen LogP contribution >= 0.6 is 0 Å². The Balaban J connectivity index is -0.0000000300. The van der Waals surface area contributed by atoms with Crippen LogP contribution in [-0.4, -0.2) is 65.0 Å². The third kappa shape index (κ3) is 113. The van der Waals surface area contributed by atoms with E-state index in [0.717, 1.165) is 0 Å². The molecule has 0 N–H and O–H groups in total. The molecule has 10 heavy (non-hydrogen) atoms. The molecule has 0 amide bonds. The van der Waals surface area contributed by atoms with Crippen LogP contribution in [0.3, 0.4) is 0 Å². The summed E-state index contributed by atoms with van der Waals surface area (Å²) in [5, 5.41) is 0. The van der Waals surface area contributed by atoms with Gasteiger partial charge in [-0.1, -0.05) is 0 Å². The predicted molar refractivity (Wildman–Crippen MR) is 12.9 cm³/mol. The van der Waals surface area contributed by atoms with E-state index in [1.165, 1.54) is 0 Å². The molecule has 0 bridgehead atoms. The molecule has 0 aliphatic carbocycles. The van der Waals surface area contributed by atoms with E-state index in [0.29, 0.717) is 0 Å². The molecule has 10 heteroatoms. The summed E-state index contributed by atoms with van der Waals surface area (Å²) in [6.45, 7) is 0. The molecule has 0 aliphatic rings. The first-order chi connectivity index (χ1) is 3.46. The van der Waals surface area contributed by atoms with Gasteiger partial charge in [0.05, 0.1) is 0 Å². The van der Waals surface area contributed by atoms with Crippen LogP contribution in [0.4, 0.5) is 0 Å². The van der Waals surface area contributed by atoms with E-state index < -0.39 is 41.3 Å². The molecule has 0 spiro atoms. The Morgan fingerprint density at radius 2 is 1.20 bits per heavy atom. The Bertz CT molecular complexity index is 75.7. The second-order valence-electron chi connectivity index (χ2n) is 0.500. The topological polar surface area (TPSA) is 126 Å². The summed E-state index contributed by atoms with van der Waals surface area (Å²) in [5.74, 6) is 0. The molecular weight excluding hydrogens is 482 g/mol. The summed E-state index contributed by atoms with van der Waals surface area (Å²) in [4.78, 5) is 0. The van der Waals surface area contributed by atoms with E-state index in [1.807, 2.05) is 0 Å². The molecule has 0 unspecified atom stereocenters. The Labute approximate surface area is 123 Å². The molecule has 6 nitrogen and oxygen atoms in total. The standard InChI is InChI=1S/Ca.6O.Pb.Ti.Zr/q+2;;;4*-1;+2;;. The van der Waals surface area contributed by atoms with Gasteiger partial charge in [-0.25, -0.2) is 0 Å². The molecule has 0 rings (SSSR count). The monoisotopic (exact) mass is 482 g/mol. The maximum Gasteiger partial charge on any atom is 2.00 e. The molecule has 0 aromatic heterocycles. The van der Waals surface area contributed by atoms with E-state index in [-0.39, 0.29) is 65.0 Å². The van der Waals surface area contributed by atoms with Crippen LogP contribution in [0.25, 0.3) is 0 Å². The number of hydrogen-bond acceptors (Lipinski definition) is 6. The smallest absolute Gasteiger partial charge is 2.00 e. The van der Waals surface area contributed by atoms with Crippen molar-refractivity contribution in [3.63, 3.8) is 0 Å². The molecule has 0 aromatic carbocycles. The molecule has 0 atom stereocenters. The maximum atomic E-state index is 8.61. The molecule has 0 fully saturated rings. The molecule has 0 saturated carbocycles. The summed E-state index contributed by atoms with van der Waals surface area (Å²) < 4.78 is 51.6. The van der Waals surface area contributed by atoms with Crippen molar-refractivity contribution in [3.8, 4) is 0 Å². The first-order valence-electron chi connectivity index (χ1n) is 1.22. The van der Waals surface area contributed by atoms with E-state index in [9.17, 15) is 0 Å². The van der Waals surface area contributed by atoms with E-state index in [1.54, 1.807) is 0 Å². The van der Waals surface area contributed by atoms with Crippen LogP contribution in [0.15, 0.2) is 0 Å². The van der Waals surface area contributed by atoms with Crippen LogP contribution in [0, 0.1) is 0 Å². The molecule has 0 aromatic rings. The first-order valence-corrected chi connectivity index (χ1v) is 6.15. The minimum absolute atomic E-state index is 0. The predicted octanol–water partition coefficient (Wildman–Crippen LogP) is -5.76. The summed E-state index contributed by atoms with van der Waals surface area (Å²) in [6, 6.07) is 0. The van der Waals surface area contributed by atoms with Crippen molar-refractivity contribution in [1.29, 1.82) is 0 Å². The third-order valence-corrected chi connectivity index (χ3v) is 0. The average molecular weight is 482 g/mol. The molecule has 0 saturated heterocycles. The van der Waals surface area contributed by atoms with Gasteiger partial charge >= 0.3 is 126 Å². The second-order valence-corrected chi connectivity index (χ2v) is 2.51. The SMILES string of the molecule is [Ca+2].[O]=[Ti]([O-])[O-].[O]=[Zr]([O-])[O-].[Pb+2]. The van der Waals surface area contributed by atoms with Crippen molar-refractivity contribution in [1.82, 2.24) is 0 Å². The zero-order chi connectivity index (χ0) is 7.15. The minimum atomic E-state index is -4.29. The van der Waals surface area contributed by atoms with Crippen molar-refractivity contribution in [3.05, 3.63) is 0 Å². The zero-order valence-electron chi connectivity index (χ0n) is 4.66. The van der Waals surface area contributed by atoms with Gasteiger partial charge in [-0.05, 0) is 0 Å². The Morgan fingerprint density at radius 1 is 1.20 bits per heavy atom. The minimum Gasteiger partial charge on any atom is 2.00 e. The van der Waals surface area contributed by atoms with Gasteiger partial charge in [-0.3, -0.25) is 0 Å². The molecule has 0 aliphatic heterocycles. The van der Waals surface area contributed by atoms with Gasteiger partial charge in [0.15, 0.2) is 0 Å². The van der Waals surface area contributed by atoms with Gasteiger partial charge in [0.25, 0.3) is 0 Å². The van der Waals surface area contributed by atoms with E-state index >= 15 is 0 Å². The molecule has 50 valence electrons. The van der Waals surface area contributed by atoms with Gasteiger partial charge in [0, 0.05) is 0 Å². The quantitative estimate of drug-likeness (QED) is 0.317. The summed E-state index contributed by atoms with van der Waals surface area (Å²) in [6.07, 6.45) is 0. The third-order valence-electron chi connectivity index (χ3n) is 0. The van der Waals surface area contributed by atoms with Crippen molar-refractivity contribution in [2.24, 2.45) is 0 Å². The van der Waals surface area contributed by atoms with Crippen molar-refractivity contribution in [2.45, 2.75) is 0 Å². The van der Waals surface area contributed by atoms with Crippen molar-refractivity contribution in [2.75, 3.05) is 0 Å². The Hall–Kier alpha value is 3.22. The fourth-order valence-corrected chi connectivity index (χ4v) is 0. The van der Waals surface area contributed by atoms with Crippen LogP contribution < -0.4 is 13.7 Å². The second kappa shape index (κ2) is 18.1. The van der Waals surface area contributed by atoms with Gasteiger partial charge in [0.1, 0.15) is 0 Å². The number of hydrogen-bond donors (Lipinski definition) is 0. The Kier molecular flexibility index (Phi) is 42.0. The fourth-order valence-electron chi connectivity index (χ4n) is 0. The fraction of sp³-hybridized carbons (Fsp3) is 0. The van der Waals surface area contributed by atoms with Gasteiger partial charge in [-0.15, -0.1) is 0 Å². The average Bonchev–Trinajstić information content (AvgIpc) is 1.25. The van der Waals surface area contributed by atoms with Crippen molar-refractivity contribution >= 4 is 65.0 Å². The van der Waals surface area contributed by atoms with E-state index in [2.05, 4.69) is 0 Å². The van der Waals surface area contributed by atoms with Crippen molar-refractivity contribution < 1.29 is 61.1 Å². The normalized spacial score (nSPS) is 5.20. The summed E-state index contributed by atoms with van der Waals surface area (Å²) in [7, 11) is 0. The number of rotatable bonds is 0. The van der Waals surface area contributed by atoms with E-state index in [4.69, 9.17) is 19.9 Å². The Morgan fingerprint density at radius 3 is 1.20 bits per heavy atom. The van der Waals surface area contributed by atoms with Crippen LogP contribution in [0.2, 0.25) is 0 Å². The molecule has 0 heterocycles. The van der Waals surface area contributed by atoms with Crippen LogP contribution in [-0.2, 0) is 47.4 Å². The zero-order valence-corrected chi connectivity index (χ0v) is 14.8. The summed E-state index contributed by atoms with van der Waals surface area (Å²) in [5.41, 5.74) is 0.